The Bertz CT molecular complexity index is 601. The predicted octanol–water partition coefficient (Wildman–Crippen LogP) is 3.30. The van der Waals surface area contributed by atoms with Crippen LogP contribution in [0.2, 0.25) is 0 Å². The summed E-state index contributed by atoms with van der Waals surface area (Å²) in [4.78, 5) is 11.9. The lowest BCUT2D eigenvalue weighted by molar-refractivity contribution is 0.104. The van der Waals surface area contributed by atoms with Crippen LogP contribution in [0, 0.1) is 0 Å². The average Bonchev–Trinajstić information content (AvgIpc) is 2.45. The molecule has 0 heterocycles. The Kier molecular flexibility index (Phi) is 3.98. The van der Waals surface area contributed by atoms with Crippen LogP contribution in [0.15, 0.2) is 54.6 Å². The van der Waals surface area contributed by atoms with Crippen molar-refractivity contribution in [1.29, 1.82) is 0 Å². The number of hydrogen-bond donors (Lipinski definition) is 1. The fraction of sp³-hybridized carbons (Fsp3) is 0.0625. The monoisotopic (exact) mass is 254 g/mol. The zero-order valence-corrected chi connectivity index (χ0v) is 10.5. The Morgan fingerprint density at radius 3 is 2.53 bits per heavy atom. The van der Waals surface area contributed by atoms with Gasteiger partial charge in [-0.25, -0.2) is 0 Å². The molecule has 0 saturated heterocycles. The second-order valence-electron chi connectivity index (χ2n) is 3.96. The zero-order chi connectivity index (χ0) is 13.7. The molecule has 0 aliphatic carbocycles. The van der Waals surface area contributed by atoms with Gasteiger partial charge in [0.05, 0.1) is 7.11 Å². The van der Waals surface area contributed by atoms with E-state index in [-0.39, 0.29) is 11.5 Å². The molecule has 0 aliphatic rings. The van der Waals surface area contributed by atoms with Crippen molar-refractivity contribution < 1.29 is 14.6 Å². The molecule has 19 heavy (non-hydrogen) atoms. The molecule has 3 heteroatoms. The number of para-hydroxylation sites is 1. The van der Waals surface area contributed by atoms with Crippen LogP contribution in [-0.2, 0) is 0 Å². The first-order chi connectivity index (χ1) is 9.22. The lowest BCUT2D eigenvalue weighted by Crippen LogP contribution is -1.93. The minimum Gasteiger partial charge on any atom is -0.504 e. The van der Waals surface area contributed by atoms with Gasteiger partial charge in [-0.3, -0.25) is 4.79 Å². The second-order valence-corrected chi connectivity index (χ2v) is 3.96. The number of ketones is 1. The molecule has 0 spiro atoms. The van der Waals surface area contributed by atoms with Crippen LogP contribution >= 0.6 is 0 Å². The third-order valence-corrected chi connectivity index (χ3v) is 2.70. The van der Waals surface area contributed by atoms with Crippen molar-refractivity contribution in [3.8, 4) is 11.5 Å². The molecule has 0 radical (unpaired) electrons. The number of rotatable bonds is 4. The van der Waals surface area contributed by atoms with E-state index in [1.54, 1.807) is 30.3 Å². The van der Waals surface area contributed by atoms with Crippen LogP contribution in [-0.4, -0.2) is 18.0 Å². The highest BCUT2D eigenvalue weighted by atomic mass is 16.5. The molecule has 3 nitrogen and oxygen atoms in total. The van der Waals surface area contributed by atoms with Crippen molar-refractivity contribution in [2.24, 2.45) is 0 Å². The van der Waals surface area contributed by atoms with Gasteiger partial charge in [-0.05, 0) is 18.2 Å². The van der Waals surface area contributed by atoms with E-state index in [1.807, 2.05) is 18.2 Å². The van der Waals surface area contributed by atoms with E-state index in [2.05, 4.69) is 0 Å². The Balaban J connectivity index is 2.24. The number of aromatic hydroxyl groups is 1. The van der Waals surface area contributed by atoms with Crippen LogP contribution < -0.4 is 4.74 Å². The van der Waals surface area contributed by atoms with Gasteiger partial charge in [-0.1, -0.05) is 42.5 Å². The Morgan fingerprint density at radius 1 is 1.11 bits per heavy atom. The molecule has 0 fully saturated rings. The number of ether oxygens (including phenoxy) is 1. The molecule has 0 aromatic heterocycles. The molecular formula is C16H14O3. The summed E-state index contributed by atoms with van der Waals surface area (Å²) in [6.07, 6.45) is 3.10. The molecule has 0 atom stereocenters. The number of phenolic OH excluding ortho intramolecular Hbond substituents is 1. The van der Waals surface area contributed by atoms with Crippen molar-refractivity contribution >= 4 is 11.9 Å². The van der Waals surface area contributed by atoms with Gasteiger partial charge in [-0.15, -0.1) is 0 Å². The fourth-order valence-corrected chi connectivity index (χ4v) is 1.76. The van der Waals surface area contributed by atoms with Crippen LogP contribution in [0.5, 0.6) is 11.5 Å². The van der Waals surface area contributed by atoms with Gasteiger partial charge in [0, 0.05) is 11.1 Å². The molecule has 2 aromatic carbocycles. The van der Waals surface area contributed by atoms with Crippen molar-refractivity contribution in [3.05, 3.63) is 65.7 Å². The Labute approximate surface area is 111 Å². The first-order valence-corrected chi connectivity index (χ1v) is 5.86. The summed E-state index contributed by atoms with van der Waals surface area (Å²) in [6.45, 7) is 0. The Morgan fingerprint density at radius 2 is 1.84 bits per heavy atom. The maximum Gasteiger partial charge on any atom is 0.185 e. The summed E-state index contributed by atoms with van der Waals surface area (Å²) < 4.78 is 5.10. The minimum atomic E-state index is -0.0917. The largest absolute Gasteiger partial charge is 0.504 e. The fourth-order valence-electron chi connectivity index (χ4n) is 1.76. The van der Waals surface area contributed by atoms with E-state index >= 15 is 0 Å². The lowest BCUT2D eigenvalue weighted by atomic mass is 10.1. The second kappa shape index (κ2) is 5.87. The smallest absolute Gasteiger partial charge is 0.185 e. The van der Waals surface area contributed by atoms with Crippen LogP contribution in [0.25, 0.3) is 6.08 Å². The zero-order valence-electron chi connectivity index (χ0n) is 10.5. The summed E-state index contributed by atoms with van der Waals surface area (Å²) in [6, 6.07) is 14.0. The minimum absolute atomic E-state index is 0.0526. The molecule has 0 aliphatic heterocycles. The number of carbonyl (C=O) groups excluding carboxylic acids is 1. The van der Waals surface area contributed by atoms with Crippen molar-refractivity contribution in [2.45, 2.75) is 0 Å². The number of benzene rings is 2. The van der Waals surface area contributed by atoms with Crippen molar-refractivity contribution in [2.75, 3.05) is 7.11 Å². The van der Waals surface area contributed by atoms with Crippen LogP contribution in [0.3, 0.4) is 0 Å². The van der Waals surface area contributed by atoms with Gasteiger partial charge in [0.15, 0.2) is 17.3 Å². The summed E-state index contributed by atoms with van der Waals surface area (Å²) in [5, 5.41) is 9.63. The highest BCUT2D eigenvalue weighted by Gasteiger charge is 2.06. The highest BCUT2D eigenvalue weighted by molar-refractivity contribution is 6.06. The molecule has 2 aromatic rings. The predicted molar refractivity (Wildman–Crippen MR) is 74.5 cm³/mol. The summed E-state index contributed by atoms with van der Waals surface area (Å²) >= 11 is 0. The molecule has 0 amide bonds. The summed E-state index contributed by atoms with van der Waals surface area (Å²) in [5.41, 5.74) is 1.28. The number of hydrogen-bond acceptors (Lipinski definition) is 3. The number of phenols is 1. The maximum atomic E-state index is 11.9. The van der Waals surface area contributed by atoms with E-state index in [1.165, 1.54) is 19.3 Å². The van der Waals surface area contributed by atoms with E-state index in [9.17, 15) is 9.90 Å². The molecule has 96 valence electrons. The summed E-state index contributed by atoms with van der Waals surface area (Å²) in [7, 11) is 1.48. The van der Waals surface area contributed by atoms with Crippen molar-refractivity contribution in [3.63, 3.8) is 0 Å². The maximum absolute atomic E-state index is 11.9. The third kappa shape index (κ3) is 3.01. The van der Waals surface area contributed by atoms with Gasteiger partial charge in [0.25, 0.3) is 0 Å². The van der Waals surface area contributed by atoms with Crippen LogP contribution in [0.1, 0.15) is 15.9 Å². The van der Waals surface area contributed by atoms with E-state index in [0.717, 1.165) is 0 Å². The van der Waals surface area contributed by atoms with Gasteiger partial charge in [-0.2, -0.15) is 0 Å². The average molecular weight is 254 g/mol. The number of methoxy groups -OCH3 is 1. The van der Waals surface area contributed by atoms with Crippen LogP contribution in [0.4, 0.5) is 0 Å². The standard InChI is InChI=1S/C16H14O3/c1-19-16-13(8-5-9-15(16)18)10-11-14(17)12-6-3-2-4-7-12/h2-11,18H,1H3/b11-10+. The van der Waals surface area contributed by atoms with E-state index in [0.29, 0.717) is 16.9 Å². The molecule has 2 rings (SSSR count). The molecule has 0 bridgehead atoms. The quantitative estimate of drug-likeness (QED) is 0.672. The van der Waals surface area contributed by atoms with Gasteiger partial charge in [0.1, 0.15) is 0 Å². The lowest BCUT2D eigenvalue weighted by Gasteiger charge is -2.06. The molecular weight excluding hydrogens is 240 g/mol. The SMILES string of the molecule is COc1c(O)cccc1/C=C/C(=O)c1ccccc1. The van der Waals surface area contributed by atoms with Gasteiger partial charge >= 0.3 is 0 Å². The normalized spacial score (nSPS) is 10.6. The first kappa shape index (κ1) is 12.9. The highest BCUT2D eigenvalue weighted by Crippen LogP contribution is 2.30. The molecule has 0 saturated carbocycles. The Hall–Kier alpha value is -2.55. The van der Waals surface area contributed by atoms with Gasteiger partial charge < -0.3 is 9.84 Å². The summed E-state index contributed by atoms with van der Waals surface area (Å²) in [5.74, 6) is 0.322. The number of carbonyl (C=O) groups is 1. The molecule has 1 N–H and O–H groups in total. The number of allylic oxidation sites excluding steroid dienone is 1. The first-order valence-electron chi connectivity index (χ1n) is 5.86. The van der Waals surface area contributed by atoms with Crippen molar-refractivity contribution in [1.82, 2.24) is 0 Å². The van der Waals surface area contributed by atoms with E-state index < -0.39 is 0 Å². The van der Waals surface area contributed by atoms with Gasteiger partial charge in [0.2, 0.25) is 0 Å². The van der Waals surface area contributed by atoms with E-state index in [4.69, 9.17) is 4.74 Å². The third-order valence-electron chi connectivity index (χ3n) is 2.70. The molecule has 0 unspecified atom stereocenters. The topological polar surface area (TPSA) is 46.5 Å².